The van der Waals surface area contributed by atoms with Crippen molar-refractivity contribution < 1.29 is 18.7 Å². The lowest BCUT2D eigenvalue weighted by molar-refractivity contribution is -0.137. The second-order valence-corrected chi connectivity index (χ2v) is 4.96. The van der Waals surface area contributed by atoms with Crippen LogP contribution >= 0.6 is 0 Å². The number of hydrogen-bond donors (Lipinski definition) is 1. The van der Waals surface area contributed by atoms with Gasteiger partial charge in [-0.3, -0.25) is 4.79 Å². The number of aryl methyl sites for hydroxylation is 1. The molecule has 0 bridgehead atoms. The lowest BCUT2D eigenvalue weighted by Gasteiger charge is -2.18. The van der Waals surface area contributed by atoms with Crippen molar-refractivity contribution in [2.75, 3.05) is 0 Å². The summed E-state index contributed by atoms with van der Waals surface area (Å²) in [6.45, 7) is 1.85. The van der Waals surface area contributed by atoms with Gasteiger partial charge in [0.2, 0.25) is 0 Å². The molecule has 1 aromatic carbocycles. The molecular formula is C14H16F2O2. The van der Waals surface area contributed by atoms with Gasteiger partial charge >= 0.3 is 5.97 Å². The van der Waals surface area contributed by atoms with E-state index in [-0.39, 0.29) is 17.9 Å². The second kappa shape index (κ2) is 5.04. The minimum Gasteiger partial charge on any atom is -0.481 e. The normalized spacial score (nSPS) is 16.9. The van der Waals surface area contributed by atoms with Gasteiger partial charge < -0.3 is 5.11 Å². The van der Waals surface area contributed by atoms with Gasteiger partial charge in [-0.05, 0) is 48.8 Å². The fourth-order valence-corrected chi connectivity index (χ4v) is 2.41. The van der Waals surface area contributed by atoms with Crippen molar-refractivity contribution in [1.82, 2.24) is 0 Å². The van der Waals surface area contributed by atoms with E-state index in [9.17, 15) is 13.6 Å². The first kappa shape index (κ1) is 13.0. The highest BCUT2D eigenvalue weighted by Crippen LogP contribution is 2.45. The largest absolute Gasteiger partial charge is 0.481 e. The Balaban J connectivity index is 2.33. The highest BCUT2D eigenvalue weighted by Gasteiger charge is 2.34. The van der Waals surface area contributed by atoms with E-state index >= 15 is 0 Å². The van der Waals surface area contributed by atoms with E-state index < -0.39 is 12.4 Å². The zero-order valence-electron chi connectivity index (χ0n) is 10.2. The summed E-state index contributed by atoms with van der Waals surface area (Å²) in [4.78, 5) is 10.9. The van der Waals surface area contributed by atoms with Gasteiger partial charge in [-0.2, -0.15) is 0 Å². The average Bonchev–Trinajstić information content (AvgIpc) is 3.10. The molecule has 1 N–H and O–H groups in total. The summed E-state index contributed by atoms with van der Waals surface area (Å²) in [7, 11) is 0. The molecule has 0 amide bonds. The number of rotatable bonds is 5. The van der Waals surface area contributed by atoms with Crippen molar-refractivity contribution >= 4 is 5.97 Å². The maximum Gasteiger partial charge on any atom is 0.303 e. The van der Waals surface area contributed by atoms with Crippen LogP contribution in [0, 0.1) is 12.8 Å². The van der Waals surface area contributed by atoms with Gasteiger partial charge in [-0.25, -0.2) is 8.78 Å². The number of benzene rings is 1. The monoisotopic (exact) mass is 254 g/mol. The molecule has 1 aliphatic rings. The number of carbonyl (C=O) groups is 1. The Labute approximate surface area is 105 Å². The molecule has 1 fully saturated rings. The summed E-state index contributed by atoms with van der Waals surface area (Å²) >= 11 is 0. The Bertz CT molecular complexity index is 453. The summed E-state index contributed by atoms with van der Waals surface area (Å²) in [6.07, 6.45) is -0.487. The van der Waals surface area contributed by atoms with Crippen LogP contribution in [-0.2, 0) is 4.79 Å². The minimum absolute atomic E-state index is 0.0216. The molecule has 1 aliphatic carbocycles. The van der Waals surface area contributed by atoms with Crippen molar-refractivity contribution in [3.8, 4) is 0 Å². The molecule has 1 atom stereocenters. The van der Waals surface area contributed by atoms with Crippen LogP contribution in [0.2, 0.25) is 0 Å². The molecule has 0 spiro atoms. The maximum atomic E-state index is 12.7. The Hall–Kier alpha value is -1.45. The van der Waals surface area contributed by atoms with Gasteiger partial charge in [0.25, 0.3) is 6.43 Å². The number of alkyl halides is 2. The molecule has 2 nitrogen and oxygen atoms in total. The number of carboxylic acid groups (broad SMARTS) is 1. The molecule has 18 heavy (non-hydrogen) atoms. The van der Waals surface area contributed by atoms with E-state index in [1.807, 2.05) is 6.92 Å². The van der Waals surface area contributed by atoms with E-state index in [0.29, 0.717) is 5.92 Å². The van der Waals surface area contributed by atoms with Crippen molar-refractivity contribution in [2.24, 2.45) is 5.92 Å². The van der Waals surface area contributed by atoms with Gasteiger partial charge in [0.15, 0.2) is 0 Å². The molecule has 0 heterocycles. The van der Waals surface area contributed by atoms with Crippen LogP contribution in [0.25, 0.3) is 0 Å². The van der Waals surface area contributed by atoms with Crippen molar-refractivity contribution in [3.63, 3.8) is 0 Å². The molecule has 0 radical (unpaired) electrons. The zero-order chi connectivity index (χ0) is 13.3. The van der Waals surface area contributed by atoms with E-state index in [2.05, 4.69) is 0 Å². The summed E-state index contributed by atoms with van der Waals surface area (Å²) in [5.74, 6) is -0.650. The van der Waals surface area contributed by atoms with E-state index in [4.69, 9.17) is 5.11 Å². The van der Waals surface area contributed by atoms with E-state index in [1.165, 1.54) is 12.1 Å². The predicted molar refractivity (Wildman–Crippen MR) is 63.9 cm³/mol. The number of hydrogen-bond acceptors (Lipinski definition) is 1. The SMILES string of the molecule is Cc1ccc(C(F)F)cc1C(CC(=O)O)C1CC1. The average molecular weight is 254 g/mol. The molecule has 1 unspecified atom stereocenters. The van der Waals surface area contributed by atoms with Gasteiger partial charge in [0.05, 0.1) is 6.42 Å². The topological polar surface area (TPSA) is 37.3 Å². The van der Waals surface area contributed by atoms with Crippen LogP contribution in [0.4, 0.5) is 8.78 Å². The summed E-state index contributed by atoms with van der Waals surface area (Å²) in [6, 6.07) is 4.55. The van der Waals surface area contributed by atoms with Crippen LogP contribution in [-0.4, -0.2) is 11.1 Å². The summed E-state index contributed by atoms with van der Waals surface area (Å²) in [5, 5.41) is 8.94. The Morgan fingerprint density at radius 2 is 2.11 bits per heavy atom. The van der Waals surface area contributed by atoms with Crippen LogP contribution < -0.4 is 0 Å². The van der Waals surface area contributed by atoms with Gasteiger partial charge in [0, 0.05) is 5.56 Å². The first-order valence-corrected chi connectivity index (χ1v) is 6.09. The third-order valence-corrected chi connectivity index (χ3v) is 3.54. The van der Waals surface area contributed by atoms with Crippen LogP contribution in [0.15, 0.2) is 18.2 Å². The first-order valence-electron chi connectivity index (χ1n) is 6.09. The fourth-order valence-electron chi connectivity index (χ4n) is 2.41. The molecular weight excluding hydrogens is 238 g/mol. The van der Waals surface area contributed by atoms with Crippen molar-refractivity contribution in [3.05, 3.63) is 34.9 Å². The first-order chi connectivity index (χ1) is 8.49. The highest BCUT2D eigenvalue weighted by molar-refractivity contribution is 5.68. The molecule has 2 rings (SSSR count). The maximum absolute atomic E-state index is 12.7. The lowest BCUT2D eigenvalue weighted by atomic mass is 9.87. The van der Waals surface area contributed by atoms with Crippen molar-refractivity contribution in [2.45, 2.75) is 38.5 Å². The Morgan fingerprint density at radius 3 is 2.61 bits per heavy atom. The molecule has 1 aromatic rings. The van der Waals surface area contributed by atoms with Crippen LogP contribution in [0.3, 0.4) is 0 Å². The Kier molecular flexibility index (Phi) is 3.64. The van der Waals surface area contributed by atoms with Gasteiger partial charge in [-0.15, -0.1) is 0 Å². The molecule has 1 saturated carbocycles. The number of halogens is 2. The molecule has 0 aromatic heterocycles. The zero-order valence-corrected chi connectivity index (χ0v) is 10.2. The fraction of sp³-hybridized carbons (Fsp3) is 0.500. The lowest BCUT2D eigenvalue weighted by Crippen LogP contribution is -2.10. The minimum atomic E-state index is -2.51. The van der Waals surface area contributed by atoms with E-state index in [0.717, 1.165) is 24.0 Å². The van der Waals surface area contributed by atoms with Gasteiger partial charge in [0.1, 0.15) is 0 Å². The molecule has 4 heteroatoms. The summed E-state index contributed by atoms with van der Waals surface area (Å²) in [5.41, 5.74) is 1.65. The third-order valence-electron chi connectivity index (χ3n) is 3.54. The standard InChI is InChI=1S/C14H16F2O2/c1-8-2-3-10(14(15)16)6-11(8)12(7-13(17)18)9-4-5-9/h2-3,6,9,12,14H,4-5,7H2,1H3,(H,17,18). The number of carboxylic acids is 1. The molecule has 0 aliphatic heterocycles. The van der Waals surface area contributed by atoms with Crippen LogP contribution in [0.1, 0.15) is 48.3 Å². The van der Waals surface area contributed by atoms with Gasteiger partial charge in [-0.1, -0.05) is 12.1 Å². The second-order valence-electron chi connectivity index (χ2n) is 4.96. The highest BCUT2D eigenvalue weighted by atomic mass is 19.3. The number of aliphatic carboxylic acids is 1. The molecule has 0 saturated heterocycles. The third kappa shape index (κ3) is 2.86. The molecule has 98 valence electrons. The Morgan fingerprint density at radius 1 is 1.44 bits per heavy atom. The predicted octanol–water partition coefficient (Wildman–Crippen LogP) is 3.90. The van der Waals surface area contributed by atoms with Crippen LogP contribution in [0.5, 0.6) is 0 Å². The van der Waals surface area contributed by atoms with Crippen molar-refractivity contribution in [1.29, 1.82) is 0 Å². The quantitative estimate of drug-likeness (QED) is 0.865. The smallest absolute Gasteiger partial charge is 0.303 e. The van der Waals surface area contributed by atoms with E-state index in [1.54, 1.807) is 6.07 Å². The summed E-state index contributed by atoms with van der Waals surface area (Å²) < 4.78 is 25.4.